The summed E-state index contributed by atoms with van der Waals surface area (Å²) < 4.78 is 0. The monoisotopic (exact) mass is 294 g/mol. The van der Waals surface area contributed by atoms with Gasteiger partial charge < -0.3 is 5.32 Å². The van der Waals surface area contributed by atoms with E-state index in [9.17, 15) is 9.59 Å². The van der Waals surface area contributed by atoms with Crippen LogP contribution in [0, 0.1) is 6.92 Å². The first-order valence-electron chi connectivity index (χ1n) is 6.89. The molecule has 0 bridgehead atoms. The molecular weight excluding hydrogens is 276 g/mol. The number of anilines is 1. The van der Waals surface area contributed by atoms with Crippen LogP contribution in [0.2, 0.25) is 5.02 Å². The minimum Gasteiger partial charge on any atom is -0.342 e. The number of carbonyl (C=O) groups is 2. The van der Waals surface area contributed by atoms with Gasteiger partial charge in [-0.2, -0.15) is 0 Å². The van der Waals surface area contributed by atoms with Crippen LogP contribution in [-0.4, -0.2) is 23.9 Å². The lowest BCUT2D eigenvalue weighted by molar-refractivity contribution is -0.134. The Kier molecular flexibility index (Phi) is 4.33. The maximum absolute atomic E-state index is 12.6. The number of halogens is 1. The molecule has 1 heterocycles. The predicted molar refractivity (Wildman–Crippen MR) is 80.0 cm³/mol. The van der Waals surface area contributed by atoms with Crippen molar-refractivity contribution in [1.29, 1.82) is 0 Å². The minimum absolute atomic E-state index is 0.0654. The van der Waals surface area contributed by atoms with E-state index >= 15 is 0 Å². The average molecular weight is 295 g/mol. The van der Waals surface area contributed by atoms with E-state index in [1.165, 1.54) is 0 Å². The van der Waals surface area contributed by atoms with Crippen LogP contribution in [-0.2, 0) is 9.59 Å². The zero-order valence-electron chi connectivity index (χ0n) is 11.9. The largest absolute Gasteiger partial charge is 0.342 e. The van der Waals surface area contributed by atoms with Crippen molar-refractivity contribution in [3.05, 3.63) is 28.8 Å². The molecule has 1 saturated heterocycles. The topological polar surface area (TPSA) is 49.4 Å². The fourth-order valence-electron chi connectivity index (χ4n) is 2.56. The number of hydrogen-bond acceptors (Lipinski definition) is 2. The summed E-state index contributed by atoms with van der Waals surface area (Å²) in [5.41, 5.74) is 1.55. The average Bonchev–Trinajstić information content (AvgIpc) is 2.44. The Morgan fingerprint density at radius 2 is 1.95 bits per heavy atom. The molecule has 108 valence electrons. The Morgan fingerprint density at radius 3 is 2.55 bits per heavy atom. The summed E-state index contributed by atoms with van der Waals surface area (Å²) in [4.78, 5) is 26.4. The van der Waals surface area contributed by atoms with E-state index in [0.717, 1.165) is 11.3 Å². The third kappa shape index (κ3) is 2.40. The first kappa shape index (κ1) is 14.9. The van der Waals surface area contributed by atoms with Crippen LogP contribution in [0.3, 0.4) is 0 Å². The van der Waals surface area contributed by atoms with E-state index in [0.29, 0.717) is 17.9 Å². The second-order valence-corrected chi connectivity index (χ2v) is 5.39. The van der Waals surface area contributed by atoms with Gasteiger partial charge in [-0.1, -0.05) is 31.5 Å². The van der Waals surface area contributed by atoms with Crippen molar-refractivity contribution >= 4 is 29.1 Å². The van der Waals surface area contributed by atoms with Crippen molar-refractivity contribution in [2.45, 2.75) is 45.7 Å². The third-order valence-electron chi connectivity index (χ3n) is 3.76. The van der Waals surface area contributed by atoms with Crippen molar-refractivity contribution in [3.8, 4) is 0 Å². The van der Waals surface area contributed by atoms with Crippen molar-refractivity contribution in [2.24, 2.45) is 0 Å². The molecular formula is C15H19ClN2O2. The van der Waals surface area contributed by atoms with Crippen LogP contribution in [0.4, 0.5) is 5.69 Å². The summed E-state index contributed by atoms with van der Waals surface area (Å²) in [5, 5.41) is 3.39. The second kappa shape index (κ2) is 5.83. The smallest absolute Gasteiger partial charge is 0.250 e. The molecule has 0 spiro atoms. The van der Waals surface area contributed by atoms with Crippen LogP contribution in [0.5, 0.6) is 0 Å². The molecule has 1 aromatic carbocycles. The zero-order valence-corrected chi connectivity index (χ0v) is 12.7. The van der Waals surface area contributed by atoms with Crippen molar-refractivity contribution in [3.63, 3.8) is 0 Å². The molecule has 1 fully saturated rings. The molecule has 4 nitrogen and oxygen atoms in total. The van der Waals surface area contributed by atoms with E-state index in [2.05, 4.69) is 5.32 Å². The highest BCUT2D eigenvalue weighted by atomic mass is 35.5. The van der Waals surface area contributed by atoms with Crippen molar-refractivity contribution in [1.82, 2.24) is 5.32 Å². The van der Waals surface area contributed by atoms with Crippen LogP contribution >= 0.6 is 11.6 Å². The van der Waals surface area contributed by atoms with Crippen LogP contribution < -0.4 is 10.2 Å². The highest BCUT2D eigenvalue weighted by Crippen LogP contribution is 2.30. The molecule has 1 N–H and O–H groups in total. The van der Waals surface area contributed by atoms with E-state index in [1.807, 2.05) is 26.8 Å². The standard InChI is InChI=1S/C15H19ClN2O2/c1-4-11-15(20)18(12(5-2)14(19)17-11)13-8-6-7-10(16)9(13)3/h6-8,11-12H,4-5H2,1-3H3,(H,17,19). The number of nitrogens with zero attached hydrogens (tertiary/aromatic N) is 1. The molecule has 0 aromatic heterocycles. The molecule has 2 rings (SSSR count). The summed E-state index contributed by atoms with van der Waals surface area (Å²) in [6.07, 6.45) is 1.15. The Balaban J connectivity index is 2.51. The molecule has 2 amide bonds. The number of rotatable bonds is 3. The molecule has 0 saturated carbocycles. The maximum Gasteiger partial charge on any atom is 0.250 e. The highest BCUT2D eigenvalue weighted by molar-refractivity contribution is 6.31. The lowest BCUT2D eigenvalue weighted by Crippen LogP contribution is -2.63. The van der Waals surface area contributed by atoms with E-state index < -0.39 is 12.1 Å². The van der Waals surface area contributed by atoms with Gasteiger partial charge in [-0.05, 0) is 37.5 Å². The van der Waals surface area contributed by atoms with Crippen molar-refractivity contribution in [2.75, 3.05) is 4.90 Å². The first-order chi connectivity index (χ1) is 9.51. The normalized spacial score (nSPS) is 22.9. The summed E-state index contributed by atoms with van der Waals surface area (Å²) in [6, 6.07) is 4.50. The molecule has 1 aliphatic heterocycles. The number of benzene rings is 1. The van der Waals surface area contributed by atoms with Gasteiger partial charge in [0.25, 0.3) is 0 Å². The Bertz CT molecular complexity index is 545. The Morgan fingerprint density at radius 1 is 1.25 bits per heavy atom. The number of carbonyl (C=O) groups excluding carboxylic acids is 2. The van der Waals surface area contributed by atoms with Gasteiger partial charge in [0, 0.05) is 10.7 Å². The van der Waals surface area contributed by atoms with Gasteiger partial charge in [0.2, 0.25) is 11.8 Å². The predicted octanol–water partition coefficient (Wildman–Crippen LogP) is 2.67. The van der Waals surface area contributed by atoms with Gasteiger partial charge in [-0.15, -0.1) is 0 Å². The Labute approximate surface area is 124 Å². The summed E-state index contributed by atoms with van der Waals surface area (Å²) >= 11 is 6.14. The van der Waals surface area contributed by atoms with Crippen LogP contribution in [0.1, 0.15) is 32.3 Å². The lowest BCUT2D eigenvalue weighted by atomic mass is 10.0. The fourth-order valence-corrected chi connectivity index (χ4v) is 2.73. The minimum atomic E-state index is -0.470. The highest BCUT2D eigenvalue weighted by Gasteiger charge is 2.40. The molecule has 1 aliphatic rings. The SMILES string of the molecule is CCC1NC(=O)C(CC)N(c2cccc(Cl)c2C)C1=O. The summed E-state index contributed by atoms with van der Waals surface area (Å²) in [7, 11) is 0. The van der Waals surface area contributed by atoms with Crippen molar-refractivity contribution < 1.29 is 9.59 Å². The van der Waals surface area contributed by atoms with E-state index in [1.54, 1.807) is 17.0 Å². The van der Waals surface area contributed by atoms with Gasteiger partial charge >= 0.3 is 0 Å². The van der Waals surface area contributed by atoms with Gasteiger partial charge in [-0.3, -0.25) is 14.5 Å². The molecule has 20 heavy (non-hydrogen) atoms. The second-order valence-electron chi connectivity index (χ2n) is 4.99. The van der Waals surface area contributed by atoms with Crippen LogP contribution in [0.15, 0.2) is 18.2 Å². The molecule has 2 unspecified atom stereocenters. The summed E-state index contributed by atoms with van der Waals surface area (Å²) in [6.45, 7) is 5.65. The van der Waals surface area contributed by atoms with E-state index in [4.69, 9.17) is 11.6 Å². The van der Waals surface area contributed by atoms with Crippen LogP contribution in [0.25, 0.3) is 0 Å². The molecule has 0 radical (unpaired) electrons. The van der Waals surface area contributed by atoms with Gasteiger partial charge in [-0.25, -0.2) is 0 Å². The fraction of sp³-hybridized carbons (Fsp3) is 0.467. The number of nitrogens with one attached hydrogen (secondary N) is 1. The number of hydrogen-bond donors (Lipinski definition) is 1. The molecule has 0 aliphatic carbocycles. The van der Waals surface area contributed by atoms with Gasteiger partial charge in [0.05, 0.1) is 0 Å². The van der Waals surface area contributed by atoms with Gasteiger partial charge in [0.1, 0.15) is 12.1 Å². The maximum atomic E-state index is 12.6. The number of piperazine rings is 1. The third-order valence-corrected chi connectivity index (χ3v) is 4.17. The summed E-state index contributed by atoms with van der Waals surface area (Å²) in [5.74, 6) is -0.164. The first-order valence-corrected chi connectivity index (χ1v) is 7.27. The van der Waals surface area contributed by atoms with Gasteiger partial charge in [0.15, 0.2) is 0 Å². The molecule has 5 heteroatoms. The lowest BCUT2D eigenvalue weighted by Gasteiger charge is -2.39. The zero-order chi connectivity index (χ0) is 14.9. The Hall–Kier alpha value is -1.55. The quantitative estimate of drug-likeness (QED) is 0.932. The molecule has 1 aromatic rings. The number of amides is 2. The van der Waals surface area contributed by atoms with E-state index in [-0.39, 0.29) is 11.8 Å². The molecule has 2 atom stereocenters.